The molecule has 0 saturated heterocycles. The summed E-state index contributed by atoms with van der Waals surface area (Å²) in [5.41, 5.74) is 2.85. The standard InChI is InChI=1S/C10H15O/c1-3-11-8-10-6-4-9(2)5-7-10/h4,7H,1,3,5-6,8H2,2H3. The number of allylic oxidation sites excluding steroid dienone is 3. The molecule has 0 saturated carbocycles. The van der Waals surface area contributed by atoms with Crippen LogP contribution in [0.4, 0.5) is 0 Å². The third kappa shape index (κ3) is 2.89. The molecule has 0 spiro atoms. The summed E-state index contributed by atoms with van der Waals surface area (Å²) in [6.45, 7) is 7.11. The van der Waals surface area contributed by atoms with Crippen LogP contribution in [-0.4, -0.2) is 13.2 Å². The highest BCUT2D eigenvalue weighted by Crippen LogP contribution is 2.16. The van der Waals surface area contributed by atoms with Gasteiger partial charge in [0.15, 0.2) is 0 Å². The normalized spacial score (nSPS) is 17.6. The van der Waals surface area contributed by atoms with Crippen LogP contribution in [0.5, 0.6) is 0 Å². The molecule has 0 fully saturated rings. The van der Waals surface area contributed by atoms with Gasteiger partial charge in [0.05, 0.1) is 6.61 Å². The Kier molecular flexibility index (Phi) is 3.37. The summed E-state index contributed by atoms with van der Waals surface area (Å²) in [4.78, 5) is 0. The van der Waals surface area contributed by atoms with Crippen molar-refractivity contribution in [1.29, 1.82) is 0 Å². The Morgan fingerprint density at radius 2 is 2.27 bits per heavy atom. The van der Waals surface area contributed by atoms with Gasteiger partial charge in [0.25, 0.3) is 0 Å². The summed E-state index contributed by atoms with van der Waals surface area (Å²) >= 11 is 0. The predicted molar refractivity (Wildman–Crippen MR) is 47.3 cm³/mol. The summed E-state index contributed by atoms with van der Waals surface area (Å²) in [5.74, 6) is 0. The minimum absolute atomic E-state index is 0.569. The van der Waals surface area contributed by atoms with E-state index in [4.69, 9.17) is 4.74 Å². The molecule has 0 atom stereocenters. The molecular weight excluding hydrogens is 136 g/mol. The van der Waals surface area contributed by atoms with E-state index in [9.17, 15) is 0 Å². The maximum Gasteiger partial charge on any atom is 0.0679 e. The molecule has 0 aromatic heterocycles. The molecule has 0 amide bonds. The maximum atomic E-state index is 5.20. The third-order valence-corrected chi connectivity index (χ3v) is 1.86. The highest BCUT2D eigenvalue weighted by molar-refractivity contribution is 5.20. The van der Waals surface area contributed by atoms with Crippen LogP contribution in [0.1, 0.15) is 19.8 Å². The molecule has 1 aliphatic carbocycles. The molecule has 1 nitrogen and oxygen atoms in total. The van der Waals surface area contributed by atoms with Crippen molar-refractivity contribution < 1.29 is 4.74 Å². The van der Waals surface area contributed by atoms with E-state index in [1.165, 1.54) is 11.1 Å². The van der Waals surface area contributed by atoms with Gasteiger partial charge >= 0.3 is 0 Å². The first kappa shape index (κ1) is 8.54. The third-order valence-electron chi connectivity index (χ3n) is 1.86. The van der Waals surface area contributed by atoms with Crippen LogP contribution in [-0.2, 0) is 4.74 Å². The molecule has 0 aromatic rings. The van der Waals surface area contributed by atoms with Gasteiger partial charge in [-0.15, -0.1) is 0 Å². The minimum Gasteiger partial charge on any atom is -0.377 e. The molecular formula is C10H15O. The van der Waals surface area contributed by atoms with Crippen LogP contribution in [0.3, 0.4) is 0 Å². The Morgan fingerprint density at radius 1 is 1.45 bits per heavy atom. The molecule has 1 radical (unpaired) electrons. The summed E-state index contributed by atoms with van der Waals surface area (Å²) < 4.78 is 5.20. The molecule has 61 valence electrons. The quantitative estimate of drug-likeness (QED) is 0.563. The molecule has 1 aliphatic rings. The van der Waals surface area contributed by atoms with E-state index < -0.39 is 0 Å². The molecule has 0 unspecified atom stereocenters. The number of rotatable bonds is 3. The molecule has 0 heterocycles. The summed E-state index contributed by atoms with van der Waals surface area (Å²) in [7, 11) is 0. The Labute approximate surface area is 68.8 Å². The zero-order chi connectivity index (χ0) is 8.10. The first-order valence-electron chi connectivity index (χ1n) is 4.03. The molecule has 0 aliphatic heterocycles. The molecule has 0 bridgehead atoms. The Bertz CT molecular complexity index is 177. The summed E-state index contributed by atoms with van der Waals surface area (Å²) in [6.07, 6.45) is 6.68. The molecule has 11 heavy (non-hydrogen) atoms. The fourth-order valence-corrected chi connectivity index (χ4v) is 1.10. The van der Waals surface area contributed by atoms with Crippen molar-refractivity contribution in [3.05, 3.63) is 30.2 Å². The lowest BCUT2D eigenvalue weighted by molar-refractivity contribution is 0.183. The first-order chi connectivity index (χ1) is 5.33. The number of hydrogen-bond acceptors (Lipinski definition) is 1. The van der Waals surface area contributed by atoms with E-state index in [1.807, 2.05) is 0 Å². The number of ether oxygens (including phenoxy) is 1. The van der Waals surface area contributed by atoms with Gasteiger partial charge in [0.2, 0.25) is 0 Å². The van der Waals surface area contributed by atoms with Crippen molar-refractivity contribution >= 4 is 0 Å². The van der Waals surface area contributed by atoms with E-state index in [-0.39, 0.29) is 0 Å². The van der Waals surface area contributed by atoms with Gasteiger partial charge in [-0.25, -0.2) is 0 Å². The average molecular weight is 151 g/mol. The first-order valence-corrected chi connectivity index (χ1v) is 4.03. The Balaban J connectivity index is 2.27. The lowest BCUT2D eigenvalue weighted by atomic mass is 10.0. The minimum atomic E-state index is 0.569. The van der Waals surface area contributed by atoms with Gasteiger partial charge in [-0.3, -0.25) is 0 Å². The second-order valence-corrected chi connectivity index (χ2v) is 2.87. The van der Waals surface area contributed by atoms with E-state index >= 15 is 0 Å². The molecule has 0 N–H and O–H groups in total. The second-order valence-electron chi connectivity index (χ2n) is 2.87. The van der Waals surface area contributed by atoms with Crippen molar-refractivity contribution in [2.45, 2.75) is 19.8 Å². The average Bonchev–Trinajstić information content (AvgIpc) is 2.04. The summed E-state index contributed by atoms with van der Waals surface area (Å²) in [6, 6.07) is 0. The molecule has 0 aromatic carbocycles. The Hall–Kier alpha value is -0.560. The zero-order valence-electron chi connectivity index (χ0n) is 7.10. The van der Waals surface area contributed by atoms with E-state index in [0.29, 0.717) is 6.61 Å². The fourth-order valence-electron chi connectivity index (χ4n) is 1.10. The highest BCUT2D eigenvalue weighted by Gasteiger charge is 2.00. The van der Waals surface area contributed by atoms with Gasteiger partial charge < -0.3 is 4.74 Å². The summed E-state index contributed by atoms with van der Waals surface area (Å²) in [5, 5.41) is 0. The lowest BCUT2D eigenvalue weighted by Crippen LogP contribution is -2.00. The van der Waals surface area contributed by atoms with Gasteiger partial charge in [-0.05, 0) is 32.3 Å². The maximum absolute atomic E-state index is 5.20. The largest absolute Gasteiger partial charge is 0.377 e. The van der Waals surface area contributed by atoms with Crippen molar-refractivity contribution in [2.75, 3.05) is 13.2 Å². The van der Waals surface area contributed by atoms with E-state index in [1.54, 1.807) is 0 Å². The van der Waals surface area contributed by atoms with Gasteiger partial charge in [-0.2, -0.15) is 0 Å². The van der Waals surface area contributed by atoms with Gasteiger partial charge in [0.1, 0.15) is 0 Å². The van der Waals surface area contributed by atoms with Crippen molar-refractivity contribution in [1.82, 2.24) is 0 Å². The Morgan fingerprint density at radius 3 is 2.82 bits per heavy atom. The fraction of sp³-hybridized carbons (Fsp3) is 0.500. The highest BCUT2D eigenvalue weighted by atomic mass is 16.5. The smallest absolute Gasteiger partial charge is 0.0679 e. The van der Waals surface area contributed by atoms with E-state index in [2.05, 4.69) is 26.0 Å². The van der Waals surface area contributed by atoms with Crippen molar-refractivity contribution in [3.63, 3.8) is 0 Å². The monoisotopic (exact) mass is 151 g/mol. The van der Waals surface area contributed by atoms with E-state index in [0.717, 1.165) is 19.4 Å². The zero-order valence-corrected chi connectivity index (χ0v) is 7.10. The van der Waals surface area contributed by atoms with Crippen LogP contribution in [0.2, 0.25) is 0 Å². The van der Waals surface area contributed by atoms with Gasteiger partial charge in [-0.1, -0.05) is 17.7 Å². The van der Waals surface area contributed by atoms with Crippen LogP contribution >= 0.6 is 0 Å². The topological polar surface area (TPSA) is 9.23 Å². The molecule has 1 heteroatoms. The van der Waals surface area contributed by atoms with Gasteiger partial charge in [0, 0.05) is 6.61 Å². The number of hydrogen-bond donors (Lipinski definition) is 0. The van der Waals surface area contributed by atoms with Crippen molar-refractivity contribution in [2.24, 2.45) is 0 Å². The molecule has 1 rings (SSSR count). The van der Waals surface area contributed by atoms with Crippen molar-refractivity contribution in [3.8, 4) is 0 Å². The van der Waals surface area contributed by atoms with Crippen LogP contribution < -0.4 is 0 Å². The lowest BCUT2D eigenvalue weighted by Gasteiger charge is -2.10. The van der Waals surface area contributed by atoms with Crippen LogP contribution in [0, 0.1) is 6.92 Å². The second kappa shape index (κ2) is 4.35. The predicted octanol–water partition coefficient (Wildman–Crippen LogP) is 2.50. The van der Waals surface area contributed by atoms with Crippen LogP contribution in [0.15, 0.2) is 23.3 Å². The SMILES string of the molecule is [CH2]COCC1=CCC(C)=CC1. The van der Waals surface area contributed by atoms with Crippen LogP contribution in [0.25, 0.3) is 0 Å².